The number of nitrogens with zero attached hydrogens (tertiary/aromatic N) is 3. The Morgan fingerprint density at radius 2 is 1.68 bits per heavy atom. The maximum Gasteiger partial charge on any atom is 0.254 e. The Kier molecular flexibility index (Phi) is 6.98. The van der Waals surface area contributed by atoms with Gasteiger partial charge in [-0.2, -0.15) is 0 Å². The van der Waals surface area contributed by atoms with Gasteiger partial charge >= 0.3 is 0 Å². The number of morpholine rings is 1. The monoisotopic (exact) mass is 497 g/mol. The highest BCUT2D eigenvalue weighted by Gasteiger charge is 2.56. The number of benzene rings is 2. The molecule has 8 nitrogen and oxygen atoms in total. The number of carbonyl (C=O) groups excluding carboxylic acids is 3. The van der Waals surface area contributed by atoms with Crippen LogP contribution in [-0.4, -0.2) is 95.6 Å². The Morgan fingerprint density at radius 1 is 1.00 bits per heavy atom. The number of rotatable bonds is 6. The minimum atomic E-state index is -1.12. The van der Waals surface area contributed by atoms with Gasteiger partial charge in [-0.3, -0.25) is 19.3 Å². The molecule has 0 bridgehead atoms. The Bertz CT molecular complexity index is 1220. The molecule has 3 heterocycles. The lowest BCUT2D eigenvalue weighted by Crippen LogP contribution is -2.68. The van der Waals surface area contributed by atoms with Crippen molar-refractivity contribution >= 4 is 49.2 Å². The van der Waals surface area contributed by atoms with Crippen molar-refractivity contribution in [1.29, 1.82) is 0 Å². The molecule has 5 rings (SSSR count). The summed E-state index contributed by atoms with van der Waals surface area (Å²) in [7, 11) is 6.98. The SMILES string of the molecule is BC1C(=O)N(B)C(=O)C(B)(N2Cc3c(OCc4ccc(CN5CCOCC5)cc4)cccc3C2=O)C1B. The second-order valence-corrected chi connectivity index (χ2v) is 10.6. The first kappa shape index (κ1) is 25.7. The average Bonchev–Trinajstić information content (AvgIpc) is 3.27. The van der Waals surface area contributed by atoms with E-state index in [1.54, 1.807) is 18.8 Å². The molecule has 2 aromatic carbocycles. The lowest BCUT2D eigenvalue weighted by Gasteiger charge is -2.50. The van der Waals surface area contributed by atoms with E-state index in [0.29, 0.717) is 17.9 Å². The summed E-state index contributed by atoms with van der Waals surface area (Å²) in [5.41, 5.74) is 2.51. The molecule has 12 heteroatoms. The molecule has 0 aromatic heterocycles. The number of hydrogen-bond acceptors (Lipinski definition) is 6. The standard InChI is InChI=1S/C25H31B4N3O5/c26-20-21(27)25(28,24(35)32(29)23(20)34)31-13-18-17(22(31)33)2-1-3-19(18)37-14-16-6-4-15(5-7-16)12-30-8-10-36-11-9-30/h1-7,20-21H,8-14,26-29H2. The molecule has 3 unspecified atom stereocenters. The van der Waals surface area contributed by atoms with E-state index in [-0.39, 0.29) is 35.9 Å². The van der Waals surface area contributed by atoms with E-state index in [0.717, 1.165) is 44.0 Å². The summed E-state index contributed by atoms with van der Waals surface area (Å²) in [4.78, 5) is 44.5. The first-order chi connectivity index (χ1) is 17.7. The maximum absolute atomic E-state index is 13.5. The second kappa shape index (κ2) is 10.1. The van der Waals surface area contributed by atoms with Gasteiger partial charge in [0.15, 0.2) is 0 Å². The van der Waals surface area contributed by atoms with Gasteiger partial charge in [-0.25, -0.2) is 0 Å². The molecule has 2 fully saturated rings. The lowest BCUT2D eigenvalue weighted by molar-refractivity contribution is -0.147. The van der Waals surface area contributed by atoms with E-state index < -0.39 is 5.44 Å². The van der Waals surface area contributed by atoms with Crippen molar-refractivity contribution in [1.82, 2.24) is 14.6 Å². The van der Waals surface area contributed by atoms with Crippen LogP contribution in [0.25, 0.3) is 0 Å². The van der Waals surface area contributed by atoms with Crippen LogP contribution >= 0.6 is 0 Å². The summed E-state index contributed by atoms with van der Waals surface area (Å²) in [5.74, 6) is -0.801. The summed E-state index contributed by atoms with van der Waals surface area (Å²) in [6.45, 7) is 5.03. The number of hydrogen-bond donors (Lipinski definition) is 0. The van der Waals surface area contributed by atoms with Crippen molar-refractivity contribution in [2.45, 2.75) is 36.8 Å². The van der Waals surface area contributed by atoms with Crippen molar-refractivity contribution in [3.05, 3.63) is 64.7 Å². The summed E-state index contributed by atoms with van der Waals surface area (Å²) in [6.07, 6.45) is 0. The van der Waals surface area contributed by atoms with Crippen molar-refractivity contribution in [3.63, 3.8) is 0 Å². The van der Waals surface area contributed by atoms with Crippen LogP contribution < -0.4 is 4.74 Å². The van der Waals surface area contributed by atoms with Crippen molar-refractivity contribution in [3.8, 4) is 5.75 Å². The Balaban J connectivity index is 1.30. The van der Waals surface area contributed by atoms with Crippen molar-refractivity contribution in [2.24, 2.45) is 0 Å². The molecule has 2 aromatic rings. The number of carbonyl (C=O) groups is 3. The molecular weight excluding hydrogens is 466 g/mol. The minimum absolute atomic E-state index is 0.203. The van der Waals surface area contributed by atoms with Gasteiger partial charge in [-0.15, -0.1) is 0 Å². The molecule has 3 aliphatic heterocycles. The predicted octanol–water partition coefficient (Wildman–Crippen LogP) is -1.86. The number of amides is 3. The molecule has 0 N–H and O–H groups in total. The van der Waals surface area contributed by atoms with Crippen molar-refractivity contribution < 1.29 is 23.9 Å². The third kappa shape index (κ3) is 4.50. The van der Waals surface area contributed by atoms with Gasteiger partial charge in [0.25, 0.3) is 5.91 Å². The van der Waals surface area contributed by atoms with Gasteiger partial charge in [0.2, 0.25) is 19.8 Å². The van der Waals surface area contributed by atoms with Crippen LogP contribution in [0.5, 0.6) is 5.75 Å². The summed E-state index contributed by atoms with van der Waals surface area (Å²) < 4.78 is 11.6. The maximum atomic E-state index is 13.5. The van der Waals surface area contributed by atoms with Gasteiger partial charge in [-0.05, 0) is 29.1 Å². The normalized spacial score (nSPS) is 26.4. The van der Waals surface area contributed by atoms with E-state index in [2.05, 4.69) is 29.2 Å². The van der Waals surface area contributed by atoms with Gasteiger partial charge in [0.05, 0.1) is 25.2 Å². The highest BCUT2D eigenvalue weighted by molar-refractivity contribution is 6.47. The molecule has 3 atom stereocenters. The number of piperidine rings is 1. The lowest BCUT2D eigenvalue weighted by atomic mass is 9.48. The van der Waals surface area contributed by atoms with Crippen molar-refractivity contribution in [2.75, 3.05) is 26.3 Å². The van der Waals surface area contributed by atoms with Gasteiger partial charge < -0.3 is 19.2 Å². The molecule has 37 heavy (non-hydrogen) atoms. The van der Waals surface area contributed by atoms with E-state index in [1.807, 2.05) is 27.8 Å². The van der Waals surface area contributed by atoms with E-state index in [1.165, 1.54) is 18.4 Å². The molecule has 3 amide bonds. The smallest absolute Gasteiger partial charge is 0.254 e. The molecule has 2 saturated heterocycles. The number of fused-ring (bicyclic) bond motifs is 1. The highest BCUT2D eigenvalue weighted by atomic mass is 16.5. The summed E-state index contributed by atoms with van der Waals surface area (Å²) >= 11 is 0. The topological polar surface area (TPSA) is 79.4 Å². The molecule has 188 valence electrons. The summed E-state index contributed by atoms with van der Waals surface area (Å²) in [5, 5.41) is 0. The van der Waals surface area contributed by atoms with Gasteiger partial charge in [-0.1, -0.05) is 30.3 Å². The third-order valence-corrected chi connectivity index (χ3v) is 8.51. The first-order valence-corrected chi connectivity index (χ1v) is 13.0. The van der Waals surface area contributed by atoms with Crippen LogP contribution in [-0.2, 0) is 34.0 Å². The Labute approximate surface area is 221 Å². The molecule has 0 radical (unpaired) electrons. The fourth-order valence-corrected chi connectivity index (χ4v) is 5.74. The van der Waals surface area contributed by atoms with Crippen LogP contribution in [0.2, 0.25) is 11.6 Å². The second-order valence-electron chi connectivity index (χ2n) is 10.6. The van der Waals surface area contributed by atoms with E-state index in [9.17, 15) is 14.4 Å². The van der Waals surface area contributed by atoms with Gasteiger partial charge in [0, 0.05) is 36.6 Å². The largest absolute Gasteiger partial charge is 0.489 e. The fraction of sp³-hybridized carbons (Fsp3) is 0.400. The number of ether oxygens (including phenoxy) is 2. The van der Waals surface area contributed by atoms with E-state index >= 15 is 0 Å². The quantitative estimate of drug-likeness (QED) is 0.345. The van der Waals surface area contributed by atoms with Crippen LogP contribution in [0.3, 0.4) is 0 Å². The first-order valence-electron chi connectivity index (χ1n) is 13.0. The molecular formula is C25H31B4N3O5. The molecule has 0 spiro atoms. The third-order valence-electron chi connectivity index (χ3n) is 8.51. The average molecular weight is 497 g/mol. The zero-order valence-electron chi connectivity index (χ0n) is 22.0. The minimum Gasteiger partial charge on any atom is -0.489 e. The Morgan fingerprint density at radius 3 is 2.38 bits per heavy atom. The van der Waals surface area contributed by atoms with Crippen LogP contribution in [0, 0.1) is 0 Å². The van der Waals surface area contributed by atoms with Crippen LogP contribution in [0.4, 0.5) is 0 Å². The van der Waals surface area contributed by atoms with Crippen LogP contribution in [0.15, 0.2) is 42.5 Å². The van der Waals surface area contributed by atoms with Gasteiger partial charge in [0.1, 0.15) is 35.9 Å². The molecule has 0 aliphatic carbocycles. The number of imide groups is 1. The summed E-state index contributed by atoms with van der Waals surface area (Å²) in [6, 6.07) is 13.9. The molecule has 3 aliphatic rings. The predicted molar refractivity (Wildman–Crippen MR) is 149 cm³/mol. The highest BCUT2D eigenvalue weighted by Crippen LogP contribution is 2.44. The molecule has 0 saturated carbocycles. The fourth-order valence-electron chi connectivity index (χ4n) is 5.74. The van der Waals surface area contributed by atoms with E-state index in [4.69, 9.17) is 9.47 Å². The zero-order valence-corrected chi connectivity index (χ0v) is 22.0. The van der Waals surface area contributed by atoms with Crippen LogP contribution in [0.1, 0.15) is 27.0 Å². The Hall–Kier alpha value is -2.97. The zero-order chi connectivity index (χ0) is 26.3.